The first kappa shape index (κ1) is 39.7. The Morgan fingerprint density at radius 1 is 0.926 bits per heavy atom. The molecule has 298 valence electrons. The fraction of sp³-hybridized carbons (Fsp3) is 0.761. The number of allylic oxidation sites excluding steroid dienone is 1. The molecule has 0 bridgehead atoms. The maximum absolute atomic E-state index is 14.2. The Kier molecular flexibility index (Phi) is 9.54. The van der Waals surface area contributed by atoms with Crippen molar-refractivity contribution in [2.75, 3.05) is 13.1 Å². The number of carboxylic acids is 1. The lowest BCUT2D eigenvalue weighted by Crippen LogP contribution is -2.73. The zero-order valence-electron chi connectivity index (χ0n) is 34.5. The Labute approximate surface area is 323 Å². The van der Waals surface area contributed by atoms with Gasteiger partial charge in [-0.2, -0.15) is 0 Å². The number of aliphatic carboxylic acids is 1. The second-order valence-electron chi connectivity index (χ2n) is 20.9. The number of carboxylic acid groups (broad SMARTS) is 1. The number of carbonyl (C=O) groups is 3. The van der Waals surface area contributed by atoms with E-state index >= 15 is 0 Å². The fourth-order valence-electron chi connectivity index (χ4n) is 13.9. The highest BCUT2D eigenvalue weighted by Crippen LogP contribution is 2.77. The van der Waals surface area contributed by atoms with E-state index in [0.717, 1.165) is 57.2 Å². The van der Waals surface area contributed by atoms with Gasteiger partial charge in [-0.25, -0.2) is 0 Å². The van der Waals surface area contributed by atoms with Gasteiger partial charge < -0.3 is 20.1 Å². The van der Waals surface area contributed by atoms with Gasteiger partial charge >= 0.3 is 11.9 Å². The summed E-state index contributed by atoms with van der Waals surface area (Å²) in [4.78, 5) is 41.5. The highest BCUT2D eigenvalue weighted by atomic mass is 16.5. The molecule has 0 saturated heterocycles. The zero-order valence-corrected chi connectivity index (χ0v) is 34.5. The van der Waals surface area contributed by atoms with Crippen molar-refractivity contribution >= 4 is 17.7 Å². The van der Waals surface area contributed by atoms with Crippen molar-refractivity contribution in [3.63, 3.8) is 0 Å². The van der Waals surface area contributed by atoms with E-state index in [-0.39, 0.29) is 40.8 Å². The quantitative estimate of drug-likeness (QED) is 0.230. The van der Waals surface area contributed by atoms with Crippen LogP contribution in [0.2, 0.25) is 0 Å². The lowest BCUT2D eigenvalue weighted by atomic mass is 9.31. The number of hydrogen-bond acceptors (Lipinski definition) is 7. The number of aliphatic hydroxyl groups excluding tert-OH is 1. The van der Waals surface area contributed by atoms with Crippen LogP contribution in [0.5, 0.6) is 0 Å². The molecule has 4 saturated carbocycles. The summed E-state index contributed by atoms with van der Waals surface area (Å²) < 4.78 is 6.09. The SMILES string of the molecule is CC(C)C1=C2[C@H]3CC[C@@H]4[C@@]5(C)CC[C@H](OC(=O)CC(C)(C)C(=O)O)C(C)(C)[C@]5(O)CC[C@@]4(C)[C@]3(C)CC[C@@]2([C@H](O)CN2CCc3ccccc3C2)CC1=O. The molecule has 0 aromatic heterocycles. The summed E-state index contributed by atoms with van der Waals surface area (Å²) in [5.74, 6) is -0.843. The molecular formula is C46H67NO7. The number of fused-ring (bicyclic) bond motifs is 8. The molecule has 1 aliphatic heterocycles. The Hall–Kier alpha value is -2.55. The molecule has 6 aliphatic rings. The smallest absolute Gasteiger partial charge is 0.309 e. The van der Waals surface area contributed by atoms with E-state index in [1.165, 1.54) is 30.5 Å². The molecular weight excluding hydrogens is 679 g/mol. The van der Waals surface area contributed by atoms with Crippen LogP contribution in [0.4, 0.5) is 0 Å². The number of benzene rings is 1. The van der Waals surface area contributed by atoms with Crippen LogP contribution in [-0.2, 0) is 32.1 Å². The fourth-order valence-corrected chi connectivity index (χ4v) is 13.9. The zero-order chi connectivity index (χ0) is 39.4. The molecule has 3 N–H and O–H groups in total. The molecule has 0 unspecified atom stereocenters. The van der Waals surface area contributed by atoms with Gasteiger partial charge in [-0.3, -0.25) is 19.3 Å². The summed E-state index contributed by atoms with van der Waals surface area (Å²) in [6.07, 6.45) is 6.35. The second-order valence-corrected chi connectivity index (χ2v) is 20.9. The van der Waals surface area contributed by atoms with E-state index in [1.54, 1.807) is 0 Å². The van der Waals surface area contributed by atoms with E-state index in [1.807, 2.05) is 13.8 Å². The summed E-state index contributed by atoms with van der Waals surface area (Å²) in [7, 11) is 0. The number of Topliss-reactive ketones (excluding diaryl/α,β-unsaturated/α-hetero) is 1. The largest absolute Gasteiger partial charge is 0.481 e. The molecule has 1 aromatic rings. The van der Waals surface area contributed by atoms with Gasteiger partial charge in [-0.1, -0.05) is 78.3 Å². The number of esters is 1. The van der Waals surface area contributed by atoms with Gasteiger partial charge in [0.15, 0.2) is 5.78 Å². The van der Waals surface area contributed by atoms with Crippen LogP contribution in [0.3, 0.4) is 0 Å². The van der Waals surface area contributed by atoms with Gasteiger partial charge in [0.25, 0.3) is 0 Å². The van der Waals surface area contributed by atoms with Crippen molar-refractivity contribution in [1.82, 2.24) is 4.90 Å². The maximum Gasteiger partial charge on any atom is 0.309 e. The van der Waals surface area contributed by atoms with E-state index in [4.69, 9.17) is 4.74 Å². The van der Waals surface area contributed by atoms with E-state index in [0.29, 0.717) is 32.2 Å². The van der Waals surface area contributed by atoms with Crippen molar-refractivity contribution in [3.05, 3.63) is 46.5 Å². The summed E-state index contributed by atoms with van der Waals surface area (Å²) >= 11 is 0. The van der Waals surface area contributed by atoms with Crippen LogP contribution in [0.25, 0.3) is 0 Å². The lowest BCUT2D eigenvalue weighted by Gasteiger charge is -2.74. The highest BCUT2D eigenvalue weighted by molar-refractivity contribution is 6.00. The van der Waals surface area contributed by atoms with Crippen molar-refractivity contribution in [2.24, 2.45) is 50.2 Å². The predicted molar refractivity (Wildman–Crippen MR) is 208 cm³/mol. The van der Waals surface area contributed by atoms with Gasteiger partial charge in [0, 0.05) is 42.3 Å². The van der Waals surface area contributed by atoms with Gasteiger partial charge in [-0.15, -0.1) is 0 Å². The average Bonchev–Trinajstić information content (AvgIpc) is 3.41. The standard InChI is InChI=1S/C46H67NO7/c1-28(2)37-32(48)24-45(34(49)27-47-23-17-29-12-10-11-13-30(29)26-47)21-19-42(7)31(38(37)45)14-15-33-43(42,8)20-22-46(53)41(5,6)35(16-18-44(33,46)9)54-36(50)25-40(3,4)39(51)52/h10-13,28,31,33-35,49,53H,14-27H2,1-9H3,(H,51,52)/t31-,33+,34-,35+,42-,43-,44-,45+,46-/m1/s1. The van der Waals surface area contributed by atoms with Crippen molar-refractivity contribution in [2.45, 2.75) is 157 Å². The molecule has 8 nitrogen and oxygen atoms in total. The summed E-state index contributed by atoms with van der Waals surface area (Å²) in [5, 5.41) is 35.2. The number of rotatable bonds is 8. The van der Waals surface area contributed by atoms with Crippen LogP contribution in [0, 0.1) is 50.2 Å². The van der Waals surface area contributed by atoms with Crippen LogP contribution in [0.15, 0.2) is 35.4 Å². The third kappa shape index (κ3) is 5.49. The molecule has 1 heterocycles. The Balaban J connectivity index is 1.18. The van der Waals surface area contributed by atoms with Crippen LogP contribution < -0.4 is 0 Å². The van der Waals surface area contributed by atoms with Crippen molar-refractivity contribution < 1.29 is 34.4 Å². The van der Waals surface area contributed by atoms with Crippen molar-refractivity contribution in [1.29, 1.82) is 0 Å². The number of aliphatic hydroxyl groups is 2. The maximum atomic E-state index is 14.2. The van der Waals surface area contributed by atoms with Gasteiger partial charge in [0.05, 0.1) is 23.5 Å². The second kappa shape index (κ2) is 13.0. The van der Waals surface area contributed by atoms with Gasteiger partial charge in [0.1, 0.15) is 6.10 Å². The number of β-amino-alcohol motifs (C(OH)–C–C–N with tert-alkyl or cyclic N) is 1. The minimum absolute atomic E-state index is 0.0881. The average molecular weight is 746 g/mol. The predicted octanol–water partition coefficient (Wildman–Crippen LogP) is 7.91. The molecule has 5 aliphatic carbocycles. The lowest BCUT2D eigenvalue weighted by molar-refractivity contribution is -0.306. The Bertz CT molecular complexity index is 1740. The topological polar surface area (TPSA) is 124 Å². The minimum Gasteiger partial charge on any atom is -0.481 e. The molecule has 1 aromatic carbocycles. The van der Waals surface area contributed by atoms with Gasteiger partial charge in [0.2, 0.25) is 0 Å². The molecule has 9 atom stereocenters. The normalized spacial score (nSPS) is 39.6. The summed E-state index contributed by atoms with van der Waals surface area (Å²) in [6, 6.07) is 8.62. The summed E-state index contributed by atoms with van der Waals surface area (Å²) in [6.45, 7) is 21.0. The van der Waals surface area contributed by atoms with Crippen molar-refractivity contribution in [3.8, 4) is 0 Å². The Morgan fingerprint density at radius 3 is 2.26 bits per heavy atom. The number of ether oxygens (including phenoxy) is 1. The first-order valence-electron chi connectivity index (χ1n) is 21.0. The molecule has 0 spiro atoms. The third-order valence-corrected chi connectivity index (χ3v) is 17.4. The van der Waals surface area contributed by atoms with E-state index < -0.39 is 51.4 Å². The number of nitrogens with zero attached hydrogens (tertiary/aromatic N) is 1. The molecule has 8 heteroatoms. The molecule has 4 fully saturated rings. The third-order valence-electron chi connectivity index (χ3n) is 17.4. The number of hydrogen-bond donors (Lipinski definition) is 3. The highest BCUT2D eigenvalue weighted by Gasteiger charge is 2.75. The number of carbonyl (C=O) groups excluding carboxylic acids is 2. The minimum atomic E-state index is -1.23. The number of ketones is 1. The van der Waals surface area contributed by atoms with Crippen LogP contribution in [-0.4, -0.2) is 68.8 Å². The first-order chi connectivity index (χ1) is 25.1. The van der Waals surface area contributed by atoms with Gasteiger partial charge in [-0.05, 0) is 117 Å². The van der Waals surface area contributed by atoms with E-state index in [2.05, 4.69) is 63.8 Å². The molecule has 0 radical (unpaired) electrons. The molecule has 54 heavy (non-hydrogen) atoms. The summed E-state index contributed by atoms with van der Waals surface area (Å²) in [5.41, 5.74) is 0.699. The first-order valence-corrected chi connectivity index (χ1v) is 21.0. The van der Waals surface area contributed by atoms with Crippen LogP contribution >= 0.6 is 0 Å². The van der Waals surface area contributed by atoms with E-state index in [9.17, 15) is 29.7 Å². The Morgan fingerprint density at radius 2 is 1.59 bits per heavy atom. The molecule has 0 amide bonds. The monoisotopic (exact) mass is 745 g/mol. The van der Waals surface area contributed by atoms with Crippen LogP contribution in [0.1, 0.15) is 138 Å². The molecule has 7 rings (SSSR count).